The number of amides is 1. The molecule has 25 heavy (non-hydrogen) atoms. The fourth-order valence-electron chi connectivity index (χ4n) is 3.06. The molecule has 4 N–H and O–H groups in total. The van der Waals surface area contributed by atoms with Gasteiger partial charge in [-0.3, -0.25) is 4.79 Å². The Labute approximate surface area is 147 Å². The fraction of sp³-hybridized carbons (Fsp3) is 0.368. The van der Waals surface area contributed by atoms with Crippen LogP contribution in [0.1, 0.15) is 33.6 Å². The van der Waals surface area contributed by atoms with Crippen molar-refractivity contribution < 1.29 is 9.90 Å². The summed E-state index contributed by atoms with van der Waals surface area (Å²) >= 11 is 0. The Morgan fingerprint density at radius 1 is 1.36 bits per heavy atom. The molecule has 132 valence electrons. The van der Waals surface area contributed by atoms with Crippen molar-refractivity contribution in [2.45, 2.75) is 32.5 Å². The van der Waals surface area contributed by atoms with Crippen LogP contribution >= 0.6 is 0 Å². The SMILES string of the molecule is Cc1cc(CN)cc(NCc2cccc(C(=O)N3CC[C@H](O)C3)c2)n1. The van der Waals surface area contributed by atoms with Gasteiger partial charge in [0.25, 0.3) is 5.91 Å². The lowest BCUT2D eigenvalue weighted by atomic mass is 10.1. The van der Waals surface area contributed by atoms with E-state index in [1.165, 1.54) is 0 Å². The molecule has 1 aliphatic rings. The molecule has 0 radical (unpaired) electrons. The summed E-state index contributed by atoms with van der Waals surface area (Å²) in [5, 5.41) is 12.9. The van der Waals surface area contributed by atoms with Crippen molar-refractivity contribution in [1.82, 2.24) is 9.88 Å². The highest BCUT2D eigenvalue weighted by molar-refractivity contribution is 5.94. The molecule has 0 bridgehead atoms. The van der Waals surface area contributed by atoms with Gasteiger partial charge in [-0.15, -0.1) is 0 Å². The van der Waals surface area contributed by atoms with Gasteiger partial charge in [-0.05, 0) is 48.7 Å². The normalized spacial score (nSPS) is 16.9. The number of aromatic nitrogens is 1. The third-order valence-corrected chi connectivity index (χ3v) is 4.35. The Kier molecular flexibility index (Phi) is 5.31. The van der Waals surface area contributed by atoms with E-state index in [0.717, 1.165) is 22.6 Å². The number of likely N-dealkylation sites (tertiary alicyclic amines) is 1. The smallest absolute Gasteiger partial charge is 0.253 e. The van der Waals surface area contributed by atoms with Crippen molar-refractivity contribution in [2.75, 3.05) is 18.4 Å². The van der Waals surface area contributed by atoms with E-state index < -0.39 is 6.10 Å². The van der Waals surface area contributed by atoms with Crippen LogP contribution in [0.25, 0.3) is 0 Å². The lowest BCUT2D eigenvalue weighted by Crippen LogP contribution is -2.29. The molecular weight excluding hydrogens is 316 g/mol. The Bertz CT molecular complexity index is 763. The van der Waals surface area contributed by atoms with Crippen molar-refractivity contribution in [2.24, 2.45) is 5.73 Å². The number of aryl methyl sites for hydroxylation is 1. The Balaban J connectivity index is 1.68. The number of carbonyl (C=O) groups is 1. The molecule has 6 heteroatoms. The van der Waals surface area contributed by atoms with Gasteiger partial charge in [0.1, 0.15) is 5.82 Å². The summed E-state index contributed by atoms with van der Waals surface area (Å²) < 4.78 is 0. The number of nitrogens with zero attached hydrogens (tertiary/aromatic N) is 2. The molecule has 1 aliphatic heterocycles. The van der Waals surface area contributed by atoms with Gasteiger partial charge in [0.15, 0.2) is 0 Å². The lowest BCUT2D eigenvalue weighted by molar-refractivity contribution is 0.0765. The first-order chi connectivity index (χ1) is 12.0. The molecule has 3 rings (SSSR count). The Morgan fingerprint density at radius 2 is 2.20 bits per heavy atom. The molecule has 2 heterocycles. The van der Waals surface area contributed by atoms with Crippen molar-refractivity contribution in [1.29, 1.82) is 0 Å². The third-order valence-electron chi connectivity index (χ3n) is 4.35. The molecular formula is C19H24N4O2. The minimum Gasteiger partial charge on any atom is -0.391 e. The van der Waals surface area contributed by atoms with Gasteiger partial charge in [0, 0.05) is 37.4 Å². The maximum Gasteiger partial charge on any atom is 0.253 e. The first kappa shape index (κ1) is 17.4. The van der Waals surface area contributed by atoms with E-state index in [2.05, 4.69) is 10.3 Å². The summed E-state index contributed by atoms with van der Waals surface area (Å²) in [5.74, 6) is 0.748. The van der Waals surface area contributed by atoms with E-state index >= 15 is 0 Å². The van der Waals surface area contributed by atoms with E-state index in [0.29, 0.717) is 38.2 Å². The van der Waals surface area contributed by atoms with E-state index in [1.54, 1.807) is 4.90 Å². The highest BCUT2D eigenvalue weighted by Crippen LogP contribution is 2.16. The molecule has 1 aromatic carbocycles. The van der Waals surface area contributed by atoms with Gasteiger partial charge in [-0.1, -0.05) is 12.1 Å². The summed E-state index contributed by atoms with van der Waals surface area (Å²) in [5.41, 5.74) is 9.30. The molecule has 2 aromatic rings. The first-order valence-corrected chi connectivity index (χ1v) is 8.53. The molecule has 0 unspecified atom stereocenters. The van der Waals surface area contributed by atoms with Crippen molar-refractivity contribution in [3.8, 4) is 0 Å². The van der Waals surface area contributed by atoms with Crippen molar-refractivity contribution >= 4 is 11.7 Å². The number of aliphatic hydroxyl groups is 1. The van der Waals surface area contributed by atoms with Crippen LogP contribution in [0.3, 0.4) is 0 Å². The molecule has 1 fully saturated rings. The molecule has 0 spiro atoms. The zero-order valence-corrected chi connectivity index (χ0v) is 14.4. The third kappa shape index (κ3) is 4.35. The predicted molar refractivity (Wildman–Crippen MR) is 97.2 cm³/mol. The average Bonchev–Trinajstić information content (AvgIpc) is 3.05. The van der Waals surface area contributed by atoms with Crippen LogP contribution in [0, 0.1) is 6.92 Å². The van der Waals surface area contributed by atoms with Crippen LogP contribution in [0.5, 0.6) is 0 Å². The maximum atomic E-state index is 12.5. The number of anilines is 1. The number of aliphatic hydroxyl groups excluding tert-OH is 1. The second-order valence-electron chi connectivity index (χ2n) is 6.45. The number of pyridine rings is 1. The van der Waals surface area contributed by atoms with Crippen LogP contribution in [-0.4, -0.2) is 40.1 Å². The average molecular weight is 340 g/mol. The van der Waals surface area contributed by atoms with Crippen molar-refractivity contribution in [3.05, 3.63) is 58.8 Å². The first-order valence-electron chi connectivity index (χ1n) is 8.53. The molecule has 1 atom stereocenters. The lowest BCUT2D eigenvalue weighted by Gasteiger charge is -2.16. The molecule has 6 nitrogen and oxygen atoms in total. The number of nitrogens with two attached hydrogens (primary N) is 1. The maximum absolute atomic E-state index is 12.5. The van der Waals surface area contributed by atoms with Gasteiger partial charge in [0.05, 0.1) is 6.10 Å². The van der Waals surface area contributed by atoms with E-state index in [-0.39, 0.29) is 5.91 Å². The highest BCUT2D eigenvalue weighted by atomic mass is 16.3. The standard InChI is InChI=1S/C19H24N4O2/c1-13-7-15(10-20)9-18(22-13)21-11-14-3-2-4-16(8-14)19(25)23-6-5-17(24)12-23/h2-4,7-9,17,24H,5-6,10-12,20H2,1H3,(H,21,22)/t17-/m0/s1. The summed E-state index contributed by atoms with van der Waals surface area (Å²) in [6.45, 7) is 4.01. The quantitative estimate of drug-likeness (QED) is 0.770. The Hall–Kier alpha value is -2.44. The zero-order valence-electron chi connectivity index (χ0n) is 14.4. The second-order valence-corrected chi connectivity index (χ2v) is 6.45. The topological polar surface area (TPSA) is 91.5 Å². The molecule has 1 amide bonds. The monoisotopic (exact) mass is 340 g/mol. The van der Waals surface area contributed by atoms with Gasteiger partial charge < -0.3 is 21.1 Å². The number of nitrogens with one attached hydrogen (secondary N) is 1. The molecule has 1 saturated heterocycles. The minimum absolute atomic E-state index is 0.0301. The van der Waals surface area contributed by atoms with Gasteiger partial charge in [-0.25, -0.2) is 4.98 Å². The van der Waals surface area contributed by atoms with E-state index in [4.69, 9.17) is 5.73 Å². The number of hydrogen-bond acceptors (Lipinski definition) is 5. The summed E-state index contributed by atoms with van der Waals surface area (Å²) in [4.78, 5) is 18.7. The fourth-order valence-corrected chi connectivity index (χ4v) is 3.06. The summed E-state index contributed by atoms with van der Waals surface area (Å²) in [6.07, 6.45) is 0.244. The number of carbonyl (C=O) groups excluding carboxylic acids is 1. The minimum atomic E-state index is -0.405. The molecule has 1 aromatic heterocycles. The van der Waals surface area contributed by atoms with E-state index in [1.807, 2.05) is 43.3 Å². The number of benzene rings is 1. The van der Waals surface area contributed by atoms with Crippen LogP contribution in [-0.2, 0) is 13.1 Å². The van der Waals surface area contributed by atoms with Gasteiger partial charge >= 0.3 is 0 Å². The van der Waals surface area contributed by atoms with Crippen molar-refractivity contribution in [3.63, 3.8) is 0 Å². The predicted octanol–water partition coefficient (Wildman–Crippen LogP) is 1.67. The molecule has 0 saturated carbocycles. The summed E-state index contributed by atoms with van der Waals surface area (Å²) in [7, 11) is 0. The number of β-amino-alcohol motifs (C(OH)–C–C–N with tert-alkyl or cyclic N) is 1. The number of rotatable bonds is 5. The van der Waals surface area contributed by atoms with Crippen LogP contribution in [0.15, 0.2) is 36.4 Å². The molecule has 0 aliphatic carbocycles. The summed E-state index contributed by atoms with van der Waals surface area (Å²) in [6, 6.07) is 11.5. The van der Waals surface area contributed by atoms with Crippen LogP contribution in [0.2, 0.25) is 0 Å². The van der Waals surface area contributed by atoms with Gasteiger partial charge in [0.2, 0.25) is 0 Å². The van der Waals surface area contributed by atoms with Gasteiger partial charge in [-0.2, -0.15) is 0 Å². The Morgan fingerprint density at radius 3 is 2.92 bits per heavy atom. The highest BCUT2D eigenvalue weighted by Gasteiger charge is 2.25. The van der Waals surface area contributed by atoms with E-state index in [9.17, 15) is 9.90 Å². The second kappa shape index (κ2) is 7.63. The largest absolute Gasteiger partial charge is 0.391 e. The van der Waals surface area contributed by atoms with Crippen LogP contribution < -0.4 is 11.1 Å². The number of hydrogen-bond donors (Lipinski definition) is 3. The van der Waals surface area contributed by atoms with Crippen LogP contribution in [0.4, 0.5) is 5.82 Å². The zero-order chi connectivity index (χ0) is 17.8.